The van der Waals surface area contributed by atoms with E-state index in [1.54, 1.807) is 0 Å². The first-order valence-electron chi connectivity index (χ1n) is 10.2. The average Bonchev–Trinajstić information content (AvgIpc) is 2.94. The maximum Gasteiger partial charge on any atom is 0.306 e. The second-order valence-corrected chi connectivity index (χ2v) is 6.95. The Balaban J connectivity index is 2.29. The summed E-state index contributed by atoms with van der Waals surface area (Å²) in [5, 5.41) is 0. The van der Waals surface area contributed by atoms with Crippen molar-refractivity contribution in [3.63, 3.8) is 0 Å². The molecule has 1 aliphatic rings. The third-order valence-corrected chi connectivity index (χ3v) is 4.52. The van der Waals surface area contributed by atoms with E-state index in [2.05, 4.69) is 13.8 Å². The van der Waals surface area contributed by atoms with Gasteiger partial charge in [-0.1, -0.05) is 65.2 Å². The molecule has 2 unspecified atom stereocenters. The van der Waals surface area contributed by atoms with Crippen molar-refractivity contribution in [2.24, 2.45) is 0 Å². The largest absolute Gasteiger partial charge is 0.454 e. The summed E-state index contributed by atoms with van der Waals surface area (Å²) in [7, 11) is 0. The maximum atomic E-state index is 11.9. The lowest BCUT2D eigenvalue weighted by Crippen LogP contribution is -2.35. The van der Waals surface area contributed by atoms with Gasteiger partial charge in [-0.15, -0.1) is 0 Å². The first-order valence-corrected chi connectivity index (χ1v) is 10.2. The van der Waals surface area contributed by atoms with Crippen molar-refractivity contribution < 1.29 is 23.9 Å². The van der Waals surface area contributed by atoms with Crippen LogP contribution in [0, 0.1) is 0 Å². The molecule has 0 saturated carbocycles. The summed E-state index contributed by atoms with van der Waals surface area (Å²) in [4.78, 5) is 35.8. The van der Waals surface area contributed by atoms with E-state index >= 15 is 0 Å². The molecule has 0 heterocycles. The number of unbranched alkanes of at least 4 members (excludes halogenated alkanes) is 8. The zero-order chi connectivity index (χ0) is 19.2. The van der Waals surface area contributed by atoms with E-state index in [1.165, 1.54) is 18.6 Å². The lowest BCUT2D eigenvalue weighted by molar-refractivity contribution is -0.166. The molecule has 1 aliphatic carbocycles. The van der Waals surface area contributed by atoms with Gasteiger partial charge in [0, 0.05) is 12.8 Å². The van der Waals surface area contributed by atoms with Gasteiger partial charge in [-0.05, 0) is 25.0 Å². The van der Waals surface area contributed by atoms with Crippen molar-refractivity contribution in [2.45, 2.75) is 103 Å². The molecule has 0 amide bonds. The molecule has 0 aromatic heterocycles. The van der Waals surface area contributed by atoms with E-state index in [4.69, 9.17) is 9.47 Å². The normalized spacial score (nSPS) is 18.9. The van der Waals surface area contributed by atoms with Crippen LogP contribution in [0.1, 0.15) is 90.9 Å². The number of carbonyl (C=O) groups excluding carboxylic acids is 3. The molecule has 0 aromatic rings. The highest BCUT2D eigenvalue weighted by Gasteiger charge is 2.36. The quantitative estimate of drug-likeness (QED) is 0.330. The highest BCUT2D eigenvalue weighted by atomic mass is 16.6. The molecule has 0 N–H and O–H groups in total. The summed E-state index contributed by atoms with van der Waals surface area (Å²) >= 11 is 0. The summed E-state index contributed by atoms with van der Waals surface area (Å²) in [5.41, 5.74) is 0. The Bertz CT molecular complexity index is 469. The van der Waals surface area contributed by atoms with Crippen LogP contribution < -0.4 is 0 Å². The molecule has 5 nitrogen and oxygen atoms in total. The molecule has 0 spiro atoms. The van der Waals surface area contributed by atoms with Crippen molar-refractivity contribution in [1.29, 1.82) is 0 Å². The van der Waals surface area contributed by atoms with E-state index < -0.39 is 18.2 Å². The zero-order valence-electron chi connectivity index (χ0n) is 16.3. The van der Waals surface area contributed by atoms with Gasteiger partial charge in [0.25, 0.3) is 0 Å². The first kappa shape index (κ1) is 22.4. The van der Waals surface area contributed by atoms with Gasteiger partial charge in [0.1, 0.15) is 0 Å². The van der Waals surface area contributed by atoms with Crippen LogP contribution in [0.2, 0.25) is 0 Å². The molecule has 0 fully saturated rings. The Hall–Kier alpha value is -1.65. The molecule has 148 valence electrons. The van der Waals surface area contributed by atoms with Crippen molar-refractivity contribution in [2.75, 3.05) is 0 Å². The molecule has 0 aromatic carbocycles. The van der Waals surface area contributed by atoms with Gasteiger partial charge in [-0.3, -0.25) is 14.4 Å². The molecule has 0 bridgehead atoms. The van der Waals surface area contributed by atoms with Crippen LogP contribution in [0.15, 0.2) is 12.2 Å². The highest BCUT2D eigenvalue weighted by Crippen LogP contribution is 2.18. The topological polar surface area (TPSA) is 69.7 Å². The molecule has 0 aliphatic heterocycles. The predicted octanol–water partition coefficient (Wildman–Crippen LogP) is 4.67. The predicted molar refractivity (Wildman–Crippen MR) is 101 cm³/mol. The lowest BCUT2D eigenvalue weighted by Gasteiger charge is -2.19. The minimum Gasteiger partial charge on any atom is -0.454 e. The minimum absolute atomic E-state index is 0.297. The third kappa shape index (κ3) is 9.16. The number of hydrogen-bond acceptors (Lipinski definition) is 5. The van der Waals surface area contributed by atoms with Crippen molar-refractivity contribution in [3.8, 4) is 0 Å². The van der Waals surface area contributed by atoms with E-state index in [0.717, 1.165) is 57.8 Å². The van der Waals surface area contributed by atoms with Gasteiger partial charge in [0.05, 0.1) is 0 Å². The van der Waals surface area contributed by atoms with Crippen LogP contribution in [-0.2, 0) is 23.9 Å². The molecule has 26 heavy (non-hydrogen) atoms. The Morgan fingerprint density at radius 3 is 1.85 bits per heavy atom. The van der Waals surface area contributed by atoms with Crippen LogP contribution in [0.5, 0.6) is 0 Å². The number of rotatable bonds is 14. The zero-order valence-corrected chi connectivity index (χ0v) is 16.3. The lowest BCUT2D eigenvalue weighted by atomic mass is 10.1. The highest BCUT2D eigenvalue weighted by molar-refractivity contribution is 5.98. The molecule has 5 heteroatoms. The monoisotopic (exact) mass is 366 g/mol. The summed E-state index contributed by atoms with van der Waals surface area (Å²) < 4.78 is 10.6. The molecule has 1 rings (SSSR count). The Morgan fingerprint density at radius 2 is 1.31 bits per heavy atom. The fourth-order valence-electron chi connectivity index (χ4n) is 2.93. The van der Waals surface area contributed by atoms with Gasteiger partial charge in [-0.25, -0.2) is 0 Å². The SMILES string of the molecule is CCCCCCCC(=O)OC1C=CC(=O)C1OC(=O)CCCCCCC. The van der Waals surface area contributed by atoms with E-state index in [-0.39, 0.29) is 11.8 Å². The number of ketones is 1. The van der Waals surface area contributed by atoms with Gasteiger partial charge in [-0.2, -0.15) is 0 Å². The average molecular weight is 366 g/mol. The van der Waals surface area contributed by atoms with Gasteiger partial charge < -0.3 is 9.47 Å². The summed E-state index contributed by atoms with van der Waals surface area (Å²) in [6, 6.07) is 0. The number of esters is 2. The number of carbonyl (C=O) groups is 3. The summed E-state index contributed by atoms with van der Waals surface area (Å²) in [6.07, 6.45) is 12.1. The third-order valence-electron chi connectivity index (χ3n) is 4.52. The minimum atomic E-state index is -1.01. The molecule has 0 saturated heterocycles. The smallest absolute Gasteiger partial charge is 0.306 e. The fraction of sp³-hybridized carbons (Fsp3) is 0.762. The molecular formula is C21H34O5. The molecular weight excluding hydrogens is 332 g/mol. The van der Waals surface area contributed by atoms with Crippen LogP contribution >= 0.6 is 0 Å². The molecule has 0 radical (unpaired) electrons. The standard InChI is InChI=1S/C21H34O5/c1-3-5-7-9-11-13-19(23)25-18-16-15-17(22)21(18)26-20(24)14-12-10-8-6-4-2/h15-16,18,21H,3-14H2,1-2H3. The van der Waals surface area contributed by atoms with Crippen molar-refractivity contribution in [3.05, 3.63) is 12.2 Å². The second kappa shape index (κ2) is 13.5. The Labute approximate surface area is 157 Å². The van der Waals surface area contributed by atoms with E-state index in [0.29, 0.717) is 12.8 Å². The van der Waals surface area contributed by atoms with Gasteiger partial charge in [0.2, 0.25) is 6.10 Å². The van der Waals surface area contributed by atoms with Gasteiger partial charge in [0.15, 0.2) is 11.9 Å². The van der Waals surface area contributed by atoms with Gasteiger partial charge >= 0.3 is 11.9 Å². The van der Waals surface area contributed by atoms with Crippen LogP contribution in [-0.4, -0.2) is 29.9 Å². The fourth-order valence-corrected chi connectivity index (χ4v) is 2.93. The second-order valence-electron chi connectivity index (χ2n) is 6.95. The van der Waals surface area contributed by atoms with Crippen LogP contribution in [0.25, 0.3) is 0 Å². The number of ether oxygens (including phenoxy) is 2. The van der Waals surface area contributed by atoms with Crippen molar-refractivity contribution >= 4 is 17.7 Å². The summed E-state index contributed by atoms with van der Waals surface area (Å²) in [6.45, 7) is 4.28. The maximum absolute atomic E-state index is 11.9. The first-order chi connectivity index (χ1) is 12.6. The van der Waals surface area contributed by atoms with Crippen molar-refractivity contribution in [1.82, 2.24) is 0 Å². The Kier molecular flexibility index (Phi) is 11.7. The number of hydrogen-bond donors (Lipinski definition) is 0. The van der Waals surface area contributed by atoms with E-state index in [1.807, 2.05) is 0 Å². The van der Waals surface area contributed by atoms with Crippen LogP contribution in [0.3, 0.4) is 0 Å². The molecule has 2 atom stereocenters. The summed E-state index contributed by atoms with van der Waals surface area (Å²) in [5.74, 6) is -1.05. The van der Waals surface area contributed by atoms with E-state index in [9.17, 15) is 14.4 Å². The Morgan fingerprint density at radius 1 is 0.808 bits per heavy atom. The van der Waals surface area contributed by atoms with Crippen LogP contribution in [0.4, 0.5) is 0 Å².